The van der Waals surface area contributed by atoms with Crippen molar-refractivity contribution in [2.45, 2.75) is 52.0 Å². The molecule has 1 atom stereocenters. The lowest BCUT2D eigenvalue weighted by molar-refractivity contribution is -0.129. The summed E-state index contributed by atoms with van der Waals surface area (Å²) >= 11 is 0. The quantitative estimate of drug-likeness (QED) is 0.571. The zero-order chi connectivity index (χ0) is 14.1. The lowest BCUT2D eigenvalue weighted by Crippen LogP contribution is -2.50. The molecule has 0 aromatic carbocycles. The molecule has 1 aliphatic rings. The van der Waals surface area contributed by atoms with Gasteiger partial charge in [0.1, 0.15) is 6.04 Å². The van der Waals surface area contributed by atoms with Crippen molar-refractivity contribution >= 4 is 11.8 Å². The van der Waals surface area contributed by atoms with Crippen LogP contribution in [0.4, 0.5) is 0 Å². The van der Waals surface area contributed by atoms with Crippen LogP contribution in [0.5, 0.6) is 0 Å². The number of hydrogen-bond acceptors (Lipinski definition) is 3. The smallest absolute Gasteiger partial charge is 0.242 e. The van der Waals surface area contributed by atoms with Crippen LogP contribution in [-0.4, -0.2) is 37.5 Å². The van der Waals surface area contributed by atoms with Crippen LogP contribution >= 0.6 is 0 Å². The molecule has 110 valence electrons. The number of hydrogen-bond donors (Lipinski definition) is 3. The summed E-state index contributed by atoms with van der Waals surface area (Å²) < 4.78 is 0. The molecule has 2 amide bonds. The number of carbonyl (C=O) groups is 2. The van der Waals surface area contributed by atoms with Crippen LogP contribution in [0.1, 0.15) is 46.0 Å². The first-order valence-electron chi connectivity index (χ1n) is 7.40. The first kappa shape index (κ1) is 16.0. The predicted molar refractivity (Wildman–Crippen MR) is 75.7 cm³/mol. The Hall–Kier alpha value is -1.10. The van der Waals surface area contributed by atoms with Gasteiger partial charge in [0, 0.05) is 20.0 Å². The number of carbonyl (C=O) groups excluding carboxylic acids is 2. The van der Waals surface area contributed by atoms with Gasteiger partial charge in [-0.2, -0.15) is 0 Å². The average molecular weight is 269 g/mol. The number of rotatable bonds is 8. The normalized spacial score (nSPS) is 17.2. The average Bonchev–Trinajstić information content (AvgIpc) is 2.89. The molecule has 19 heavy (non-hydrogen) atoms. The summed E-state index contributed by atoms with van der Waals surface area (Å²) in [5.74, 6) is 0.129. The Bertz CT molecular complexity index is 288. The monoisotopic (exact) mass is 269 g/mol. The minimum absolute atomic E-state index is 0.0413. The van der Waals surface area contributed by atoms with E-state index < -0.39 is 0 Å². The third kappa shape index (κ3) is 6.05. The maximum absolute atomic E-state index is 12.1. The van der Waals surface area contributed by atoms with E-state index in [0.717, 1.165) is 45.2 Å². The lowest BCUT2D eigenvalue weighted by Gasteiger charge is -2.23. The highest BCUT2D eigenvalue weighted by Gasteiger charge is 2.30. The summed E-state index contributed by atoms with van der Waals surface area (Å²) in [6.07, 6.45) is 5.47. The molecule has 0 aromatic heterocycles. The fourth-order valence-corrected chi connectivity index (χ4v) is 2.59. The molecule has 0 heterocycles. The Kier molecular flexibility index (Phi) is 7.48. The molecule has 0 aliphatic heterocycles. The maximum atomic E-state index is 12.1. The Labute approximate surface area is 115 Å². The fourth-order valence-electron chi connectivity index (χ4n) is 2.59. The van der Waals surface area contributed by atoms with Crippen molar-refractivity contribution in [2.75, 3.05) is 19.6 Å². The molecule has 3 N–H and O–H groups in total. The van der Waals surface area contributed by atoms with Crippen molar-refractivity contribution < 1.29 is 9.59 Å². The van der Waals surface area contributed by atoms with Crippen molar-refractivity contribution in [1.82, 2.24) is 16.0 Å². The molecular weight excluding hydrogens is 242 g/mol. The molecule has 1 unspecified atom stereocenters. The van der Waals surface area contributed by atoms with Crippen molar-refractivity contribution in [3.05, 3.63) is 0 Å². The zero-order valence-electron chi connectivity index (χ0n) is 12.1. The second kappa shape index (κ2) is 8.91. The zero-order valence-corrected chi connectivity index (χ0v) is 12.1. The van der Waals surface area contributed by atoms with Gasteiger partial charge in [0.2, 0.25) is 11.8 Å². The van der Waals surface area contributed by atoms with E-state index in [1.54, 1.807) is 0 Å². The first-order valence-corrected chi connectivity index (χ1v) is 7.40. The van der Waals surface area contributed by atoms with E-state index in [1.807, 2.05) is 0 Å². The molecule has 1 rings (SSSR count). The van der Waals surface area contributed by atoms with Crippen LogP contribution in [0.2, 0.25) is 0 Å². The molecule has 1 aliphatic carbocycles. The summed E-state index contributed by atoms with van der Waals surface area (Å²) in [4.78, 5) is 23.4. The molecule has 0 radical (unpaired) electrons. The van der Waals surface area contributed by atoms with Gasteiger partial charge in [-0.3, -0.25) is 9.59 Å². The topological polar surface area (TPSA) is 70.2 Å². The lowest BCUT2D eigenvalue weighted by atomic mass is 9.97. The van der Waals surface area contributed by atoms with E-state index in [4.69, 9.17) is 0 Å². The Morgan fingerprint density at radius 1 is 1.16 bits per heavy atom. The highest BCUT2D eigenvalue weighted by atomic mass is 16.2. The van der Waals surface area contributed by atoms with Crippen molar-refractivity contribution in [1.29, 1.82) is 0 Å². The van der Waals surface area contributed by atoms with E-state index in [1.165, 1.54) is 6.92 Å². The highest BCUT2D eigenvalue weighted by Crippen LogP contribution is 2.27. The summed E-state index contributed by atoms with van der Waals surface area (Å²) in [5, 5.41) is 8.95. The van der Waals surface area contributed by atoms with E-state index in [0.29, 0.717) is 12.5 Å². The van der Waals surface area contributed by atoms with E-state index in [2.05, 4.69) is 22.9 Å². The summed E-state index contributed by atoms with van der Waals surface area (Å²) in [6, 6.07) is -0.355. The van der Waals surface area contributed by atoms with Crippen molar-refractivity contribution in [3.8, 4) is 0 Å². The summed E-state index contributed by atoms with van der Waals surface area (Å²) in [6.45, 7) is 5.93. The van der Waals surface area contributed by atoms with Crippen LogP contribution in [0, 0.1) is 5.92 Å². The van der Waals surface area contributed by atoms with Gasteiger partial charge < -0.3 is 16.0 Å². The third-order valence-corrected chi connectivity index (χ3v) is 3.54. The molecule has 0 aromatic rings. The maximum Gasteiger partial charge on any atom is 0.242 e. The number of nitrogens with one attached hydrogen (secondary N) is 3. The predicted octanol–water partition coefficient (Wildman–Crippen LogP) is 0.797. The van der Waals surface area contributed by atoms with Gasteiger partial charge in [0.15, 0.2) is 0 Å². The molecule has 5 heteroatoms. The largest absolute Gasteiger partial charge is 0.353 e. The molecule has 1 fully saturated rings. The van der Waals surface area contributed by atoms with Crippen LogP contribution in [0.25, 0.3) is 0 Å². The second-order valence-electron chi connectivity index (χ2n) is 5.26. The number of amides is 2. The van der Waals surface area contributed by atoms with Gasteiger partial charge in [0.25, 0.3) is 0 Å². The van der Waals surface area contributed by atoms with Gasteiger partial charge in [-0.15, -0.1) is 0 Å². The van der Waals surface area contributed by atoms with Crippen LogP contribution in [0.3, 0.4) is 0 Å². The molecule has 0 saturated heterocycles. The molecular formula is C14H27N3O2. The van der Waals surface area contributed by atoms with Gasteiger partial charge in [-0.05, 0) is 31.7 Å². The van der Waals surface area contributed by atoms with Crippen LogP contribution < -0.4 is 16.0 Å². The van der Waals surface area contributed by atoms with E-state index in [-0.39, 0.29) is 17.9 Å². The Balaban J connectivity index is 2.35. The standard InChI is InChI=1S/C14H27N3O2/c1-3-8-15-9-10-16-14(19)13(17-11(2)18)12-6-4-5-7-12/h12-13,15H,3-10H2,1-2H3,(H,16,19)(H,17,18). The first-order chi connectivity index (χ1) is 9.15. The van der Waals surface area contributed by atoms with Crippen LogP contribution in [0.15, 0.2) is 0 Å². The van der Waals surface area contributed by atoms with E-state index in [9.17, 15) is 9.59 Å². The molecule has 0 spiro atoms. The fraction of sp³-hybridized carbons (Fsp3) is 0.857. The van der Waals surface area contributed by atoms with Crippen molar-refractivity contribution in [3.63, 3.8) is 0 Å². The van der Waals surface area contributed by atoms with Gasteiger partial charge in [-0.1, -0.05) is 19.8 Å². The third-order valence-electron chi connectivity index (χ3n) is 3.54. The minimum atomic E-state index is -0.355. The van der Waals surface area contributed by atoms with Crippen LogP contribution in [-0.2, 0) is 9.59 Å². The Morgan fingerprint density at radius 3 is 2.42 bits per heavy atom. The highest BCUT2D eigenvalue weighted by molar-refractivity contribution is 5.87. The van der Waals surface area contributed by atoms with Crippen molar-refractivity contribution in [2.24, 2.45) is 5.92 Å². The van der Waals surface area contributed by atoms with Gasteiger partial charge in [-0.25, -0.2) is 0 Å². The molecule has 1 saturated carbocycles. The minimum Gasteiger partial charge on any atom is -0.353 e. The summed E-state index contributed by atoms with van der Waals surface area (Å²) in [7, 11) is 0. The van der Waals surface area contributed by atoms with Gasteiger partial charge >= 0.3 is 0 Å². The SMILES string of the molecule is CCCNCCNC(=O)C(NC(C)=O)C1CCCC1. The molecule has 5 nitrogen and oxygen atoms in total. The second-order valence-corrected chi connectivity index (χ2v) is 5.26. The molecule has 0 bridgehead atoms. The Morgan fingerprint density at radius 2 is 1.84 bits per heavy atom. The van der Waals surface area contributed by atoms with Gasteiger partial charge in [0.05, 0.1) is 0 Å². The summed E-state index contributed by atoms with van der Waals surface area (Å²) in [5.41, 5.74) is 0. The van der Waals surface area contributed by atoms with E-state index >= 15 is 0 Å².